The fourth-order valence-corrected chi connectivity index (χ4v) is 2.16. The predicted octanol–water partition coefficient (Wildman–Crippen LogP) is 4.94. The van der Waals surface area contributed by atoms with E-state index in [9.17, 15) is 31.4 Å². The molecule has 0 unspecified atom stereocenters. The second kappa shape index (κ2) is 8.40. The molecule has 24 heavy (non-hydrogen) atoms. The third-order valence-corrected chi connectivity index (χ3v) is 3.50. The van der Waals surface area contributed by atoms with Gasteiger partial charge in [-0.25, -0.2) is 0 Å². The van der Waals surface area contributed by atoms with Crippen molar-refractivity contribution in [2.75, 3.05) is 0 Å². The predicted molar refractivity (Wildman–Crippen MR) is 80.7 cm³/mol. The second-order valence-corrected chi connectivity index (χ2v) is 5.86. The molecular formula is C15H20ClF6NO. The van der Waals surface area contributed by atoms with E-state index in [4.69, 9.17) is 5.73 Å². The Morgan fingerprint density at radius 3 is 1.96 bits per heavy atom. The summed E-state index contributed by atoms with van der Waals surface area (Å²) in [6.45, 7) is 3.70. The lowest BCUT2D eigenvalue weighted by Crippen LogP contribution is -2.29. The Labute approximate surface area is 142 Å². The van der Waals surface area contributed by atoms with Crippen LogP contribution in [-0.2, 0) is 12.4 Å². The van der Waals surface area contributed by atoms with Crippen LogP contribution in [0.2, 0.25) is 0 Å². The average molecular weight is 380 g/mol. The van der Waals surface area contributed by atoms with Gasteiger partial charge < -0.3 is 10.8 Å². The zero-order valence-corrected chi connectivity index (χ0v) is 13.9. The molecule has 0 saturated carbocycles. The maximum atomic E-state index is 13.0. The number of aliphatic hydroxyl groups is 1. The van der Waals surface area contributed by atoms with Crippen molar-refractivity contribution in [3.05, 3.63) is 34.9 Å². The number of hydrogen-bond acceptors (Lipinski definition) is 2. The molecule has 0 amide bonds. The Hall–Kier alpha value is -0.990. The fraction of sp³-hybridized carbons (Fsp3) is 0.600. The highest BCUT2D eigenvalue weighted by Crippen LogP contribution is 2.39. The molecule has 1 aromatic rings. The molecule has 3 N–H and O–H groups in total. The smallest absolute Gasteiger partial charge is 0.391 e. The maximum absolute atomic E-state index is 13.0. The van der Waals surface area contributed by atoms with Crippen LogP contribution in [0.5, 0.6) is 0 Å². The quantitative estimate of drug-likeness (QED) is 0.711. The Morgan fingerprint density at radius 2 is 1.54 bits per heavy atom. The minimum absolute atomic E-state index is 0. The molecule has 1 rings (SSSR count). The third kappa shape index (κ3) is 6.14. The van der Waals surface area contributed by atoms with Gasteiger partial charge in [0.15, 0.2) is 0 Å². The minimum Gasteiger partial charge on any atom is -0.391 e. The number of hydrogen-bond donors (Lipinski definition) is 2. The summed E-state index contributed by atoms with van der Waals surface area (Å²) in [5, 5.41) is 9.93. The van der Waals surface area contributed by atoms with Gasteiger partial charge in [-0.1, -0.05) is 13.8 Å². The first-order chi connectivity index (χ1) is 10.3. The van der Waals surface area contributed by atoms with Gasteiger partial charge in [0, 0.05) is 0 Å². The first kappa shape index (κ1) is 23.0. The number of aliphatic hydroxyl groups excluding tert-OH is 1. The molecule has 0 aliphatic carbocycles. The van der Waals surface area contributed by atoms with Crippen LogP contribution in [0.1, 0.15) is 49.4 Å². The van der Waals surface area contributed by atoms with E-state index in [2.05, 4.69) is 0 Å². The SMILES string of the molecule is CC(C)CC[C@@H](O)[C@@H](N)c1cc(C(F)(F)F)ccc1C(F)(F)F.Cl. The highest BCUT2D eigenvalue weighted by Gasteiger charge is 2.39. The van der Waals surface area contributed by atoms with E-state index in [0.29, 0.717) is 24.6 Å². The van der Waals surface area contributed by atoms with E-state index in [-0.39, 0.29) is 24.7 Å². The largest absolute Gasteiger partial charge is 0.416 e. The number of benzene rings is 1. The summed E-state index contributed by atoms with van der Waals surface area (Å²) < 4.78 is 77.2. The second-order valence-electron chi connectivity index (χ2n) is 5.86. The molecule has 0 spiro atoms. The van der Waals surface area contributed by atoms with Crippen molar-refractivity contribution >= 4 is 12.4 Å². The first-order valence-corrected chi connectivity index (χ1v) is 7.06. The summed E-state index contributed by atoms with van der Waals surface area (Å²) >= 11 is 0. The van der Waals surface area contributed by atoms with Crippen LogP contribution in [0, 0.1) is 5.92 Å². The standard InChI is InChI=1S/C15H19F6NO.ClH/c1-8(2)3-6-12(23)13(22)10-7-9(14(16,17)18)4-5-11(10)15(19,20)21;/h4-5,7-8,12-13,23H,3,6,22H2,1-2H3;1H/t12-,13+;/m1./s1. The third-order valence-electron chi connectivity index (χ3n) is 3.50. The highest BCUT2D eigenvalue weighted by molar-refractivity contribution is 5.85. The molecule has 140 valence electrons. The molecule has 0 fully saturated rings. The lowest BCUT2D eigenvalue weighted by molar-refractivity contribution is -0.142. The molecule has 9 heteroatoms. The van der Waals surface area contributed by atoms with E-state index in [0.717, 1.165) is 0 Å². The maximum Gasteiger partial charge on any atom is 0.416 e. The van der Waals surface area contributed by atoms with Crippen LogP contribution in [0.15, 0.2) is 18.2 Å². The zero-order chi connectivity index (χ0) is 18.0. The lowest BCUT2D eigenvalue weighted by Gasteiger charge is -2.24. The van der Waals surface area contributed by atoms with Gasteiger partial charge in [-0.15, -0.1) is 12.4 Å². The number of halogens is 7. The van der Waals surface area contributed by atoms with Gasteiger partial charge in [0.25, 0.3) is 0 Å². The van der Waals surface area contributed by atoms with Crippen molar-refractivity contribution in [3.8, 4) is 0 Å². The fourth-order valence-electron chi connectivity index (χ4n) is 2.16. The van der Waals surface area contributed by atoms with Gasteiger partial charge in [0.05, 0.1) is 23.3 Å². The van der Waals surface area contributed by atoms with Crippen LogP contribution in [0.25, 0.3) is 0 Å². The van der Waals surface area contributed by atoms with E-state index in [1.54, 1.807) is 0 Å². The van der Waals surface area contributed by atoms with Crippen LogP contribution in [0.3, 0.4) is 0 Å². The molecule has 1 aromatic carbocycles. The molecule has 0 heterocycles. The number of rotatable bonds is 5. The molecule has 0 aromatic heterocycles. The molecule has 0 radical (unpaired) electrons. The van der Waals surface area contributed by atoms with Crippen LogP contribution in [0.4, 0.5) is 26.3 Å². The van der Waals surface area contributed by atoms with Crippen molar-refractivity contribution in [1.29, 1.82) is 0 Å². The van der Waals surface area contributed by atoms with Crippen molar-refractivity contribution in [3.63, 3.8) is 0 Å². The Bertz CT molecular complexity index is 530. The van der Waals surface area contributed by atoms with Gasteiger partial charge in [-0.3, -0.25) is 0 Å². The topological polar surface area (TPSA) is 46.2 Å². The van der Waals surface area contributed by atoms with Crippen molar-refractivity contribution in [1.82, 2.24) is 0 Å². The number of nitrogens with two attached hydrogens (primary N) is 1. The zero-order valence-electron chi connectivity index (χ0n) is 13.1. The average Bonchev–Trinajstić information content (AvgIpc) is 2.41. The Kier molecular flexibility index (Phi) is 8.05. The minimum atomic E-state index is -4.85. The molecule has 0 aliphatic heterocycles. The van der Waals surface area contributed by atoms with Crippen molar-refractivity contribution in [2.45, 2.75) is 51.2 Å². The molecule has 2 nitrogen and oxygen atoms in total. The van der Waals surface area contributed by atoms with Crippen LogP contribution >= 0.6 is 12.4 Å². The highest BCUT2D eigenvalue weighted by atomic mass is 35.5. The lowest BCUT2D eigenvalue weighted by atomic mass is 9.91. The van der Waals surface area contributed by atoms with Gasteiger partial charge in [-0.05, 0) is 42.5 Å². The molecule has 0 bridgehead atoms. The van der Waals surface area contributed by atoms with E-state index >= 15 is 0 Å². The summed E-state index contributed by atoms with van der Waals surface area (Å²) in [6, 6.07) is -0.466. The Balaban J connectivity index is 0.00000529. The van der Waals surface area contributed by atoms with Gasteiger partial charge in [-0.2, -0.15) is 26.3 Å². The van der Waals surface area contributed by atoms with E-state index in [1.165, 1.54) is 0 Å². The monoisotopic (exact) mass is 379 g/mol. The van der Waals surface area contributed by atoms with Crippen LogP contribution < -0.4 is 5.73 Å². The normalized spacial score (nSPS) is 15.1. The van der Waals surface area contributed by atoms with Crippen molar-refractivity contribution in [2.24, 2.45) is 11.7 Å². The summed E-state index contributed by atoms with van der Waals surface area (Å²) in [7, 11) is 0. The molecule has 2 atom stereocenters. The van der Waals surface area contributed by atoms with Gasteiger partial charge in [0.2, 0.25) is 0 Å². The van der Waals surface area contributed by atoms with Gasteiger partial charge >= 0.3 is 12.4 Å². The molecule has 0 saturated heterocycles. The molecular weight excluding hydrogens is 360 g/mol. The molecule has 0 aliphatic rings. The summed E-state index contributed by atoms with van der Waals surface area (Å²) in [4.78, 5) is 0. The number of alkyl halides is 6. The van der Waals surface area contributed by atoms with E-state index in [1.807, 2.05) is 13.8 Å². The van der Waals surface area contributed by atoms with Gasteiger partial charge in [0.1, 0.15) is 0 Å². The Morgan fingerprint density at radius 1 is 1.00 bits per heavy atom. The first-order valence-electron chi connectivity index (χ1n) is 7.06. The van der Waals surface area contributed by atoms with Crippen molar-refractivity contribution < 1.29 is 31.4 Å². The summed E-state index contributed by atoms with van der Waals surface area (Å²) in [5.74, 6) is 0.181. The van der Waals surface area contributed by atoms with Crippen LogP contribution in [-0.4, -0.2) is 11.2 Å². The summed E-state index contributed by atoms with van der Waals surface area (Å²) in [5.41, 5.74) is 2.38. The summed E-state index contributed by atoms with van der Waals surface area (Å²) in [6.07, 6.45) is -10.4. The van der Waals surface area contributed by atoms with E-state index < -0.39 is 41.2 Å².